The molecular weight excluding hydrogens is 212 g/mol. The molecule has 1 N–H and O–H groups in total. The summed E-state index contributed by atoms with van der Waals surface area (Å²) in [5, 5.41) is -0.779. The first kappa shape index (κ1) is 12.2. The molecule has 0 heterocycles. The van der Waals surface area contributed by atoms with Gasteiger partial charge in [0.25, 0.3) is 10.1 Å². The fourth-order valence-electron chi connectivity index (χ4n) is 1.54. The van der Waals surface area contributed by atoms with E-state index in [1.165, 1.54) is 0 Å². The molecule has 1 aromatic carbocycles. The highest BCUT2D eigenvalue weighted by atomic mass is 32.2. The summed E-state index contributed by atoms with van der Waals surface area (Å²) in [7, 11) is -3.99. The zero-order chi connectivity index (χ0) is 11.3. The van der Waals surface area contributed by atoms with Crippen molar-refractivity contribution >= 4 is 10.1 Å². The highest BCUT2D eigenvalue weighted by molar-refractivity contribution is 7.86. The predicted octanol–water partition coefficient (Wildman–Crippen LogP) is 2.81. The van der Waals surface area contributed by atoms with Crippen LogP contribution in [0.5, 0.6) is 0 Å². The van der Waals surface area contributed by atoms with Gasteiger partial charge in [-0.15, -0.1) is 0 Å². The van der Waals surface area contributed by atoms with Crippen molar-refractivity contribution in [3.63, 3.8) is 0 Å². The normalized spacial score (nSPS) is 13.7. The van der Waals surface area contributed by atoms with Crippen LogP contribution < -0.4 is 0 Å². The molecule has 0 fully saturated rings. The summed E-state index contributed by atoms with van der Waals surface area (Å²) in [6.07, 6.45) is 2.18. The van der Waals surface area contributed by atoms with Crippen LogP contribution in [-0.4, -0.2) is 13.0 Å². The molecule has 15 heavy (non-hydrogen) atoms. The minimum Gasteiger partial charge on any atom is -0.285 e. The van der Waals surface area contributed by atoms with Gasteiger partial charge < -0.3 is 0 Å². The Morgan fingerprint density at radius 2 is 1.87 bits per heavy atom. The Hall–Kier alpha value is -0.870. The maximum absolute atomic E-state index is 11.2. The average molecular weight is 228 g/mol. The molecule has 4 heteroatoms. The number of unbranched alkanes of at least 4 members (excludes halogenated alkanes) is 1. The van der Waals surface area contributed by atoms with Crippen LogP contribution in [0.2, 0.25) is 0 Å². The second-order valence-corrected chi connectivity index (χ2v) is 5.16. The third-order valence-electron chi connectivity index (χ3n) is 2.35. The Bertz CT molecular complexity index is 384. The van der Waals surface area contributed by atoms with Crippen LogP contribution >= 0.6 is 0 Å². The summed E-state index contributed by atoms with van der Waals surface area (Å²) in [6.45, 7) is 1.99. The molecule has 0 bridgehead atoms. The fraction of sp³-hybridized carbons (Fsp3) is 0.455. The van der Waals surface area contributed by atoms with E-state index < -0.39 is 15.4 Å². The summed E-state index contributed by atoms with van der Waals surface area (Å²) in [5.41, 5.74) is 0.661. The van der Waals surface area contributed by atoms with Crippen LogP contribution in [0.25, 0.3) is 0 Å². The minimum atomic E-state index is -3.99. The van der Waals surface area contributed by atoms with Gasteiger partial charge in [-0.1, -0.05) is 50.1 Å². The average Bonchev–Trinajstić information content (AvgIpc) is 2.18. The van der Waals surface area contributed by atoms with E-state index in [1.54, 1.807) is 24.3 Å². The van der Waals surface area contributed by atoms with Crippen LogP contribution in [0.4, 0.5) is 0 Å². The maximum atomic E-state index is 11.2. The summed E-state index contributed by atoms with van der Waals surface area (Å²) in [6, 6.07) is 8.84. The van der Waals surface area contributed by atoms with E-state index >= 15 is 0 Å². The maximum Gasteiger partial charge on any atom is 0.271 e. The van der Waals surface area contributed by atoms with E-state index in [9.17, 15) is 8.42 Å². The molecule has 3 nitrogen and oxygen atoms in total. The van der Waals surface area contributed by atoms with Crippen molar-refractivity contribution in [2.45, 2.75) is 31.4 Å². The monoisotopic (exact) mass is 228 g/mol. The zero-order valence-corrected chi connectivity index (χ0v) is 9.57. The first-order valence-corrected chi connectivity index (χ1v) is 6.57. The summed E-state index contributed by atoms with van der Waals surface area (Å²) in [5.74, 6) is 0. The van der Waals surface area contributed by atoms with Crippen molar-refractivity contribution in [2.75, 3.05) is 0 Å². The van der Waals surface area contributed by atoms with Crippen molar-refractivity contribution in [1.29, 1.82) is 0 Å². The van der Waals surface area contributed by atoms with E-state index in [4.69, 9.17) is 4.55 Å². The molecule has 0 aromatic heterocycles. The molecule has 0 aliphatic carbocycles. The van der Waals surface area contributed by atoms with Gasteiger partial charge in [-0.25, -0.2) is 0 Å². The van der Waals surface area contributed by atoms with Gasteiger partial charge in [-0.3, -0.25) is 4.55 Å². The quantitative estimate of drug-likeness (QED) is 0.788. The van der Waals surface area contributed by atoms with Gasteiger partial charge in [0.2, 0.25) is 0 Å². The van der Waals surface area contributed by atoms with Crippen LogP contribution in [0.1, 0.15) is 37.0 Å². The fourth-order valence-corrected chi connectivity index (χ4v) is 2.51. The molecule has 0 aliphatic heterocycles. The van der Waals surface area contributed by atoms with Crippen LogP contribution in [0.15, 0.2) is 30.3 Å². The first-order valence-electron chi connectivity index (χ1n) is 5.07. The molecule has 1 rings (SSSR count). The van der Waals surface area contributed by atoms with Gasteiger partial charge in [0.1, 0.15) is 5.25 Å². The Balaban J connectivity index is 2.92. The Kier molecular flexibility index (Phi) is 4.29. The third kappa shape index (κ3) is 3.64. The lowest BCUT2D eigenvalue weighted by atomic mass is 10.1. The molecule has 0 spiro atoms. The van der Waals surface area contributed by atoms with Gasteiger partial charge in [-0.05, 0) is 12.0 Å². The molecule has 0 saturated heterocycles. The van der Waals surface area contributed by atoms with Crippen molar-refractivity contribution in [3.8, 4) is 0 Å². The SMILES string of the molecule is CCCCC(c1ccccc1)S(=O)(=O)O. The van der Waals surface area contributed by atoms with E-state index in [2.05, 4.69) is 0 Å². The van der Waals surface area contributed by atoms with E-state index in [1.807, 2.05) is 13.0 Å². The number of benzene rings is 1. The second-order valence-electron chi connectivity index (χ2n) is 3.56. The lowest BCUT2D eigenvalue weighted by molar-refractivity contribution is 0.461. The zero-order valence-electron chi connectivity index (χ0n) is 8.76. The van der Waals surface area contributed by atoms with Crippen molar-refractivity contribution < 1.29 is 13.0 Å². The molecule has 0 aliphatic rings. The molecule has 0 radical (unpaired) electrons. The second kappa shape index (κ2) is 5.28. The summed E-state index contributed by atoms with van der Waals surface area (Å²) < 4.78 is 31.5. The number of hydrogen-bond donors (Lipinski definition) is 1. The van der Waals surface area contributed by atoms with Gasteiger partial charge in [-0.2, -0.15) is 8.42 Å². The largest absolute Gasteiger partial charge is 0.285 e. The molecule has 0 amide bonds. The molecule has 1 aromatic rings. The predicted molar refractivity (Wildman–Crippen MR) is 60.3 cm³/mol. The molecule has 1 atom stereocenters. The number of rotatable bonds is 5. The van der Waals surface area contributed by atoms with E-state index in [-0.39, 0.29) is 0 Å². The Labute approximate surface area is 90.9 Å². The van der Waals surface area contributed by atoms with Crippen molar-refractivity contribution in [1.82, 2.24) is 0 Å². The van der Waals surface area contributed by atoms with Gasteiger partial charge >= 0.3 is 0 Å². The van der Waals surface area contributed by atoms with Crippen LogP contribution in [0, 0.1) is 0 Å². The minimum absolute atomic E-state index is 0.472. The van der Waals surface area contributed by atoms with Gasteiger partial charge in [0.15, 0.2) is 0 Å². The molecule has 0 saturated carbocycles. The Morgan fingerprint density at radius 3 is 2.33 bits per heavy atom. The lowest BCUT2D eigenvalue weighted by Crippen LogP contribution is -2.12. The topological polar surface area (TPSA) is 54.4 Å². The standard InChI is InChI=1S/C11H16O3S/c1-2-3-9-11(15(12,13)14)10-7-5-4-6-8-10/h4-8,11H,2-3,9H2,1H3,(H,12,13,14). The van der Waals surface area contributed by atoms with Gasteiger partial charge in [0.05, 0.1) is 0 Å². The molecular formula is C11H16O3S. The summed E-state index contributed by atoms with van der Waals surface area (Å²) >= 11 is 0. The third-order valence-corrected chi connectivity index (χ3v) is 3.58. The molecule has 84 valence electrons. The van der Waals surface area contributed by atoms with E-state index in [0.29, 0.717) is 12.0 Å². The van der Waals surface area contributed by atoms with E-state index in [0.717, 1.165) is 12.8 Å². The van der Waals surface area contributed by atoms with Crippen LogP contribution in [-0.2, 0) is 10.1 Å². The molecule has 1 unspecified atom stereocenters. The number of hydrogen-bond acceptors (Lipinski definition) is 2. The smallest absolute Gasteiger partial charge is 0.271 e. The highest BCUT2D eigenvalue weighted by Gasteiger charge is 2.23. The van der Waals surface area contributed by atoms with Crippen molar-refractivity contribution in [2.24, 2.45) is 0 Å². The lowest BCUT2D eigenvalue weighted by Gasteiger charge is -2.13. The van der Waals surface area contributed by atoms with Crippen molar-refractivity contribution in [3.05, 3.63) is 35.9 Å². The highest BCUT2D eigenvalue weighted by Crippen LogP contribution is 2.26. The van der Waals surface area contributed by atoms with Crippen LogP contribution in [0.3, 0.4) is 0 Å². The van der Waals surface area contributed by atoms with Gasteiger partial charge in [0, 0.05) is 0 Å². The summed E-state index contributed by atoms with van der Waals surface area (Å²) in [4.78, 5) is 0. The first-order chi connectivity index (χ1) is 7.05. The Morgan fingerprint density at radius 1 is 1.27 bits per heavy atom.